The van der Waals surface area contributed by atoms with E-state index in [0.29, 0.717) is 11.4 Å². The van der Waals surface area contributed by atoms with E-state index in [4.69, 9.17) is 4.74 Å². The third kappa shape index (κ3) is 4.96. The lowest BCUT2D eigenvalue weighted by atomic mass is 10.1. The Morgan fingerprint density at radius 3 is 2.48 bits per heavy atom. The lowest BCUT2D eigenvalue weighted by Gasteiger charge is -2.33. The number of nitrogens with zero attached hydrogens (tertiary/aromatic N) is 2. The van der Waals surface area contributed by atoms with E-state index in [2.05, 4.69) is 5.32 Å². The van der Waals surface area contributed by atoms with Crippen molar-refractivity contribution in [3.63, 3.8) is 0 Å². The summed E-state index contributed by atoms with van der Waals surface area (Å²) in [5.74, 6) is -1.32. The molecule has 0 radical (unpaired) electrons. The van der Waals surface area contributed by atoms with E-state index in [1.54, 1.807) is 31.2 Å². The fourth-order valence-electron chi connectivity index (χ4n) is 3.11. The molecule has 1 N–H and O–H groups in total. The first-order chi connectivity index (χ1) is 14.6. The van der Waals surface area contributed by atoms with Gasteiger partial charge in [0.15, 0.2) is 6.10 Å². The molecule has 0 saturated carbocycles. The second kappa shape index (κ2) is 8.66. The van der Waals surface area contributed by atoms with Crippen LogP contribution in [0.5, 0.6) is 5.75 Å². The van der Waals surface area contributed by atoms with Crippen molar-refractivity contribution >= 4 is 29.1 Å². The molecule has 0 fully saturated rings. The van der Waals surface area contributed by atoms with E-state index in [9.17, 15) is 27.6 Å². The lowest BCUT2D eigenvalue weighted by Crippen LogP contribution is -2.49. The summed E-state index contributed by atoms with van der Waals surface area (Å²) in [5.41, 5.74) is -0.954. The van der Waals surface area contributed by atoms with Crippen molar-refractivity contribution in [1.82, 2.24) is 4.90 Å². The summed E-state index contributed by atoms with van der Waals surface area (Å²) in [6.07, 6.45) is -5.41. The number of nitrogens with one attached hydrogen (secondary N) is 1. The number of benzene rings is 2. The molecule has 0 saturated heterocycles. The molecule has 1 aliphatic heterocycles. The lowest BCUT2D eigenvalue weighted by molar-refractivity contribution is -0.137. The van der Waals surface area contributed by atoms with E-state index in [-0.39, 0.29) is 6.54 Å². The molecule has 0 bridgehead atoms. The fourth-order valence-corrected chi connectivity index (χ4v) is 3.11. The molecule has 2 aromatic rings. The van der Waals surface area contributed by atoms with E-state index >= 15 is 0 Å². The molecular weight excluding hydrogens is 415 g/mol. The van der Waals surface area contributed by atoms with Crippen molar-refractivity contribution in [1.29, 1.82) is 0 Å². The van der Waals surface area contributed by atoms with Gasteiger partial charge in [-0.05, 0) is 31.2 Å². The number of fused-ring (bicyclic) bond motifs is 1. The van der Waals surface area contributed by atoms with Gasteiger partial charge in [0.2, 0.25) is 11.8 Å². The van der Waals surface area contributed by atoms with Crippen LogP contribution in [-0.2, 0) is 20.6 Å². The highest BCUT2D eigenvalue weighted by Gasteiger charge is 2.35. The van der Waals surface area contributed by atoms with E-state index in [1.807, 2.05) is 0 Å². The highest BCUT2D eigenvalue weighted by atomic mass is 19.4. The molecule has 31 heavy (non-hydrogen) atoms. The summed E-state index contributed by atoms with van der Waals surface area (Å²) in [4.78, 5) is 39.7. The maximum atomic E-state index is 13.1. The van der Waals surface area contributed by atoms with E-state index in [1.165, 1.54) is 24.1 Å². The predicted molar refractivity (Wildman–Crippen MR) is 107 cm³/mol. The number of rotatable bonds is 5. The molecule has 1 heterocycles. The molecule has 3 amide bonds. The molecule has 10 heteroatoms. The molecule has 2 aromatic carbocycles. The van der Waals surface area contributed by atoms with Crippen molar-refractivity contribution in [3.8, 4) is 5.75 Å². The third-order valence-corrected chi connectivity index (χ3v) is 4.68. The molecular formula is C21H20F3N3O4. The van der Waals surface area contributed by atoms with Crippen LogP contribution in [-0.4, -0.2) is 48.9 Å². The highest BCUT2D eigenvalue weighted by Crippen LogP contribution is 2.35. The van der Waals surface area contributed by atoms with Gasteiger partial charge in [-0.3, -0.25) is 19.3 Å². The molecule has 0 aromatic heterocycles. The summed E-state index contributed by atoms with van der Waals surface area (Å²) < 4.78 is 44.7. The van der Waals surface area contributed by atoms with Gasteiger partial charge in [0.1, 0.15) is 12.3 Å². The SMILES string of the molecule is CC1Oc2ccccc2N(CC(=O)N(C)CC(=O)Nc2ccccc2C(F)(F)F)C1=O. The first kappa shape index (κ1) is 22.1. The summed E-state index contributed by atoms with van der Waals surface area (Å²) in [6.45, 7) is 0.734. The molecule has 1 aliphatic rings. The summed E-state index contributed by atoms with van der Waals surface area (Å²) >= 11 is 0. The zero-order valence-corrected chi connectivity index (χ0v) is 16.8. The normalized spacial score (nSPS) is 15.7. The van der Waals surface area contributed by atoms with Crippen LogP contribution < -0.4 is 15.0 Å². The number of hydrogen-bond acceptors (Lipinski definition) is 4. The standard InChI is InChI=1S/C21H20F3N3O4/c1-13-20(30)27(16-9-5-6-10-17(16)31-13)12-19(29)26(2)11-18(28)25-15-8-4-3-7-14(15)21(22,23)24/h3-10,13H,11-12H2,1-2H3,(H,25,28). The minimum absolute atomic E-state index is 0.341. The molecule has 0 aliphatic carbocycles. The maximum absolute atomic E-state index is 13.1. The van der Waals surface area contributed by atoms with Crippen LogP contribution in [0, 0.1) is 0 Å². The minimum Gasteiger partial charge on any atom is -0.479 e. The number of carbonyl (C=O) groups is 3. The summed E-state index contributed by atoms with van der Waals surface area (Å²) in [5, 5.41) is 2.18. The Labute approximate surface area is 176 Å². The average Bonchev–Trinajstić information content (AvgIpc) is 2.70. The molecule has 1 unspecified atom stereocenters. The number of carbonyl (C=O) groups excluding carboxylic acids is 3. The van der Waals surface area contributed by atoms with Gasteiger partial charge in [0, 0.05) is 7.05 Å². The topological polar surface area (TPSA) is 79.0 Å². The summed E-state index contributed by atoms with van der Waals surface area (Å²) in [6, 6.07) is 11.3. The number of ether oxygens (including phenoxy) is 1. The number of likely N-dealkylation sites (N-methyl/N-ethyl adjacent to an activating group) is 1. The monoisotopic (exact) mass is 435 g/mol. The van der Waals surface area contributed by atoms with Crippen LogP contribution in [0.3, 0.4) is 0 Å². The van der Waals surface area contributed by atoms with Gasteiger partial charge in [0.05, 0.1) is 23.5 Å². The fraction of sp³-hybridized carbons (Fsp3) is 0.286. The Morgan fingerprint density at radius 1 is 1.13 bits per heavy atom. The van der Waals surface area contributed by atoms with Crippen molar-refractivity contribution < 1.29 is 32.3 Å². The van der Waals surface area contributed by atoms with Crippen LogP contribution >= 0.6 is 0 Å². The van der Waals surface area contributed by atoms with Gasteiger partial charge in [-0.25, -0.2) is 0 Å². The first-order valence-electron chi connectivity index (χ1n) is 9.35. The van der Waals surface area contributed by atoms with Gasteiger partial charge in [-0.15, -0.1) is 0 Å². The third-order valence-electron chi connectivity index (χ3n) is 4.68. The van der Waals surface area contributed by atoms with Crippen molar-refractivity contribution in [2.24, 2.45) is 0 Å². The second-order valence-corrected chi connectivity index (χ2v) is 6.99. The van der Waals surface area contributed by atoms with Crippen LogP contribution in [0.25, 0.3) is 0 Å². The number of anilines is 2. The van der Waals surface area contributed by atoms with Gasteiger partial charge in [0.25, 0.3) is 5.91 Å². The summed E-state index contributed by atoms with van der Waals surface area (Å²) in [7, 11) is 1.33. The average molecular weight is 435 g/mol. The van der Waals surface area contributed by atoms with Gasteiger partial charge >= 0.3 is 6.18 Å². The number of halogens is 3. The number of hydrogen-bond donors (Lipinski definition) is 1. The Hall–Kier alpha value is -3.56. The smallest absolute Gasteiger partial charge is 0.418 e. The zero-order chi connectivity index (χ0) is 22.8. The van der Waals surface area contributed by atoms with Crippen LogP contribution in [0.15, 0.2) is 48.5 Å². The number of para-hydroxylation sites is 3. The van der Waals surface area contributed by atoms with Crippen molar-refractivity contribution in [2.75, 3.05) is 30.4 Å². The molecule has 164 valence electrons. The number of alkyl halides is 3. The largest absolute Gasteiger partial charge is 0.479 e. The van der Waals surface area contributed by atoms with Crippen LogP contribution in [0.2, 0.25) is 0 Å². The van der Waals surface area contributed by atoms with Crippen molar-refractivity contribution in [3.05, 3.63) is 54.1 Å². The second-order valence-electron chi connectivity index (χ2n) is 6.99. The van der Waals surface area contributed by atoms with Crippen LogP contribution in [0.4, 0.5) is 24.5 Å². The minimum atomic E-state index is -4.63. The quantitative estimate of drug-likeness (QED) is 0.784. The van der Waals surface area contributed by atoms with Crippen molar-refractivity contribution in [2.45, 2.75) is 19.2 Å². The Bertz CT molecular complexity index is 1010. The van der Waals surface area contributed by atoms with E-state index in [0.717, 1.165) is 17.0 Å². The Balaban J connectivity index is 1.67. The predicted octanol–water partition coefficient (Wildman–Crippen LogP) is 2.92. The van der Waals surface area contributed by atoms with Gasteiger partial charge < -0.3 is 15.0 Å². The first-order valence-corrected chi connectivity index (χ1v) is 9.35. The Kier molecular flexibility index (Phi) is 6.19. The maximum Gasteiger partial charge on any atom is 0.418 e. The molecule has 3 rings (SSSR count). The Morgan fingerprint density at radius 2 is 1.77 bits per heavy atom. The van der Waals surface area contributed by atoms with Gasteiger partial charge in [-0.2, -0.15) is 13.2 Å². The van der Waals surface area contributed by atoms with Gasteiger partial charge in [-0.1, -0.05) is 24.3 Å². The zero-order valence-electron chi connectivity index (χ0n) is 16.8. The highest BCUT2D eigenvalue weighted by molar-refractivity contribution is 6.04. The molecule has 1 atom stereocenters. The molecule has 0 spiro atoms. The van der Waals surface area contributed by atoms with E-state index < -0.39 is 47.8 Å². The van der Waals surface area contributed by atoms with Crippen LogP contribution in [0.1, 0.15) is 12.5 Å². The molecule has 7 nitrogen and oxygen atoms in total. The number of amides is 3.